The molecular formula is C25H26N4O. The molecule has 5 heteroatoms. The highest BCUT2D eigenvalue weighted by Gasteiger charge is 2.40. The molecule has 1 saturated heterocycles. The lowest BCUT2D eigenvalue weighted by Gasteiger charge is -2.46. The molecule has 5 rings (SSSR count). The summed E-state index contributed by atoms with van der Waals surface area (Å²) in [6, 6.07) is 18.6. The van der Waals surface area contributed by atoms with E-state index in [4.69, 9.17) is 0 Å². The lowest BCUT2D eigenvalue weighted by atomic mass is 9.71. The molecule has 1 unspecified atom stereocenters. The molecule has 1 amide bonds. The van der Waals surface area contributed by atoms with Gasteiger partial charge in [-0.15, -0.1) is 0 Å². The highest BCUT2D eigenvalue weighted by Crippen LogP contribution is 2.45. The number of anilines is 1. The summed E-state index contributed by atoms with van der Waals surface area (Å²) in [4.78, 5) is 18.6. The van der Waals surface area contributed by atoms with Crippen LogP contribution in [0.25, 0.3) is 10.9 Å². The lowest BCUT2D eigenvalue weighted by Crippen LogP contribution is -2.48. The number of H-pyrrole nitrogens is 1. The van der Waals surface area contributed by atoms with Crippen LogP contribution >= 0.6 is 0 Å². The Balaban J connectivity index is 1.35. The standard InChI is InChI=1S/C25H26N4O/c1-29-15-16(10-17(13-26)25(30)28-19-6-3-2-4-7-19)11-21-20-8-5-9-22-24(20)18(14-27-22)12-23(21)29/h2-9,14,16-17,21,23,27H,10-12,15H2,1H3,(H,28,30)/t16-,17?,21-,23-/m1/s1. The molecule has 4 atom stereocenters. The van der Waals surface area contributed by atoms with Crippen molar-refractivity contribution < 1.29 is 4.79 Å². The number of hydrogen-bond donors (Lipinski definition) is 2. The Morgan fingerprint density at radius 2 is 2.10 bits per heavy atom. The number of piperidine rings is 1. The van der Waals surface area contributed by atoms with E-state index in [1.807, 2.05) is 30.3 Å². The molecule has 0 saturated carbocycles. The monoisotopic (exact) mass is 398 g/mol. The zero-order chi connectivity index (χ0) is 20.7. The van der Waals surface area contributed by atoms with Gasteiger partial charge in [-0.3, -0.25) is 4.79 Å². The van der Waals surface area contributed by atoms with Crippen LogP contribution in [0, 0.1) is 23.2 Å². The molecule has 0 bridgehead atoms. The largest absolute Gasteiger partial charge is 0.361 e. The topological polar surface area (TPSA) is 71.9 Å². The van der Waals surface area contributed by atoms with Gasteiger partial charge in [0.1, 0.15) is 5.92 Å². The smallest absolute Gasteiger partial charge is 0.241 e. The maximum absolute atomic E-state index is 12.7. The zero-order valence-corrected chi connectivity index (χ0v) is 17.1. The van der Waals surface area contributed by atoms with Crippen molar-refractivity contribution >= 4 is 22.5 Å². The van der Waals surface area contributed by atoms with Gasteiger partial charge < -0.3 is 15.2 Å². The van der Waals surface area contributed by atoms with Crippen molar-refractivity contribution in [2.75, 3.05) is 18.9 Å². The number of carbonyl (C=O) groups is 1. The Morgan fingerprint density at radius 1 is 1.27 bits per heavy atom. The maximum Gasteiger partial charge on any atom is 0.241 e. The van der Waals surface area contributed by atoms with Crippen LogP contribution in [0.5, 0.6) is 0 Å². The summed E-state index contributed by atoms with van der Waals surface area (Å²) in [5.41, 5.74) is 4.77. The second-order valence-electron chi connectivity index (χ2n) is 8.78. The minimum absolute atomic E-state index is 0.202. The van der Waals surface area contributed by atoms with Crippen LogP contribution in [0.3, 0.4) is 0 Å². The van der Waals surface area contributed by atoms with E-state index >= 15 is 0 Å². The van der Waals surface area contributed by atoms with Gasteiger partial charge in [0.2, 0.25) is 5.91 Å². The van der Waals surface area contributed by atoms with Gasteiger partial charge in [-0.05, 0) is 61.6 Å². The first-order chi connectivity index (χ1) is 14.6. The number of benzene rings is 2. The molecule has 1 aliphatic carbocycles. The van der Waals surface area contributed by atoms with Crippen molar-refractivity contribution in [1.29, 1.82) is 5.26 Å². The predicted molar refractivity (Wildman–Crippen MR) is 118 cm³/mol. The van der Waals surface area contributed by atoms with Gasteiger partial charge in [-0.25, -0.2) is 0 Å². The summed E-state index contributed by atoms with van der Waals surface area (Å²) in [6.07, 6.45) is 4.83. The molecule has 2 N–H and O–H groups in total. The molecule has 5 nitrogen and oxygen atoms in total. The minimum atomic E-state index is -0.637. The van der Waals surface area contributed by atoms with Gasteiger partial charge >= 0.3 is 0 Å². The first-order valence-electron chi connectivity index (χ1n) is 10.7. The Labute approximate surface area is 176 Å². The molecule has 3 aromatic rings. The van der Waals surface area contributed by atoms with Crippen LogP contribution in [0.1, 0.15) is 29.9 Å². The first-order valence-corrected chi connectivity index (χ1v) is 10.7. The highest BCUT2D eigenvalue weighted by molar-refractivity contribution is 5.94. The number of aromatic nitrogens is 1. The zero-order valence-electron chi connectivity index (χ0n) is 17.1. The first kappa shape index (κ1) is 18.9. The molecule has 1 aliphatic heterocycles. The summed E-state index contributed by atoms with van der Waals surface area (Å²) in [6.45, 7) is 0.924. The van der Waals surface area contributed by atoms with Crippen LogP contribution in [0.2, 0.25) is 0 Å². The van der Waals surface area contributed by atoms with E-state index in [0.717, 1.165) is 25.1 Å². The molecule has 152 valence electrons. The summed E-state index contributed by atoms with van der Waals surface area (Å²) >= 11 is 0. The van der Waals surface area contributed by atoms with E-state index in [0.29, 0.717) is 24.3 Å². The molecule has 1 fully saturated rings. The van der Waals surface area contributed by atoms with E-state index in [-0.39, 0.29) is 5.91 Å². The van der Waals surface area contributed by atoms with Crippen LogP contribution in [0.4, 0.5) is 5.69 Å². The third kappa shape index (κ3) is 3.28. The highest BCUT2D eigenvalue weighted by atomic mass is 16.1. The number of nitrogens with zero attached hydrogens (tertiary/aromatic N) is 2. The quantitative estimate of drug-likeness (QED) is 0.688. The molecule has 2 aliphatic rings. The number of nitriles is 1. The number of para-hydroxylation sites is 1. The SMILES string of the molecule is CN1C[C@H](CC(C#N)C(=O)Nc2ccccc2)C[C@@H]2c3cccc4[nH]cc(c34)C[C@H]21. The van der Waals surface area contributed by atoms with Crippen molar-refractivity contribution in [2.45, 2.75) is 31.2 Å². The molecular weight excluding hydrogens is 372 g/mol. The van der Waals surface area contributed by atoms with Gasteiger partial charge in [0.25, 0.3) is 0 Å². The summed E-state index contributed by atoms with van der Waals surface area (Å²) in [5, 5.41) is 14.0. The summed E-state index contributed by atoms with van der Waals surface area (Å²) in [5.74, 6) is -0.0787. The summed E-state index contributed by atoms with van der Waals surface area (Å²) < 4.78 is 0. The van der Waals surface area contributed by atoms with Crippen molar-refractivity contribution in [3.63, 3.8) is 0 Å². The van der Waals surface area contributed by atoms with E-state index in [2.05, 4.69) is 52.7 Å². The Morgan fingerprint density at radius 3 is 2.90 bits per heavy atom. The van der Waals surface area contributed by atoms with Crippen molar-refractivity contribution in [3.05, 3.63) is 65.9 Å². The summed E-state index contributed by atoms with van der Waals surface area (Å²) in [7, 11) is 2.19. The molecule has 0 radical (unpaired) electrons. The number of hydrogen-bond acceptors (Lipinski definition) is 3. The second kappa shape index (κ2) is 7.62. The van der Waals surface area contributed by atoms with Crippen LogP contribution in [-0.2, 0) is 11.2 Å². The number of amides is 1. The fourth-order valence-electron chi connectivity index (χ4n) is 5.53. The Kier molecular flexibility index (Phi) is 4.80. The average molecular weight is 399 g/mol. The number of carbonyl (C=O) groups excluding carboxylic acids is 1. The number of rotatable bonds is 4. The number of likely N-dealkylation sites (tertiary alicyclic amines) is 1. The average Bonchev–Trinajstić information content (AvgIpc) is 3.18. The number of nitrogens with one attached hydrogen (secondary N) is 2. The number of aromatic amines is 1. The van der Waals surface area contributed by atoms with E-state index in [1.165, 1.54) is 22.0 Å². The fourth-order valence-corrected chi connectivity index (χ4v) is 5.53. The van der Waals surface area contributed by atoms with Crippen LogP contribution in [-0.4, -0.2) is 35.4 Å². The van der Waals surface area contributed by atoms with Gasteiger partial charge in [0.05, 0.1) is 6.07 Å². The van der Waals surface area contributed by atoms with Gasteiger partial charge in [0, 0.05) is 41.3 Å². The minimum Gasteiger partial charge on any atom is -0.361 e. The normalized spacial score (nSPS) is 24.1. The fraction of sp³-hybridized carbons (Fsp3) is 0.360. The molecule has 0 spiro atoms. The predicted octanol–water partition coefficient (Wildman–Crippen LogP) is 4.30. The van der Waals surface area contributed by atoms with E-state index in [1.54, 1.807) is 0 Å². The molecule has 30 heavy (non-hydrogen) atoms. The van der Waals surface area contributed by atoms with Gasteiger partial charge in [0.15, 0.2) is 0 Å². The van der Waals surface area contributed by atoms with Crippen molar-refractivity contribution in [2.24, 2.45) is 11.8 Å². The van der Waals surface area contributed by atoms with Crippen LogP contribution < -0.4 is 5.32 Å². The lowest BCUT2D eigenvalue weighted by molar-refractivity contribution is -0.119. The second-order valence-corrected chi connectivity index (χ2v) is 8.78. The third-order valence-corrected chi connectivity index (χ3v) is 6.89. The maximum atomic E-state index is 12.7. The molecule has 2 aromatic carbocycles. The molecule has 1 aromatic heterocycles. The molecule has 2 heterocycles. The van der Waals surface area contributed by atoms with Crippen LogP contribution in [0.15, 0.2) is 54.7 Å². The van der Waals surface area contributed by atoms with Gasteiger partial charge in [-0.2, -0.15) is 5.26 Å². The Bertz CT molecular complexity index is 1110. The van der Waals surface area contributed by atoms with E-state index in [9.17, 15) is 10.1 Å². The van der Waals surface area contributed by atoms with Crippen molar-refractivity contribution in [3.8, 4) is 6.07 Å². The van der Waals surface area contributed by atoms with Gasteiger partial charge in [-0.1, -0.05) is 30.3 Å². The third-order valence-electron chi connectivity index (χ3n) is 6.89. The van der Waals surface area contributed by atoms with E-state index < -0.39 is 5.92 Å². The Hall–Kier alpha value is -3.10. The number of fused-ring (bicyclic) bond motifs is 2. The van der Waals surface area contributed by atoms with Crippen molar-refractivity contribution in [1.82, 2.24) is 9.88 Å². The number of likely N-dealkylation sites (N-methyl/N-ethyl adjacent to an activating group) is 1.